The molecule has 1 aliphatic rings. The number of imidazole rings is 1. The van der Waals surface area contributed by atoms with Gasteiger partial charge in [0.2, 0.25) is 0 Å². The number of piperidine rings is 1. The molecule has 88 valence electrons. The minimum atomic E-state index is 0.0891. The van der Waals surface area contributed by atoms with Gasteiger partial charge < -0.3 is 9.47 Å². The molecule has 1 amide bonds. The molecular weight excluding hydrogens is 270 g/mol. The Labute approximate surface area is 104 Å². The molecule has 0 saturated carbocycles. The van der Waals surface area contributed by atoms with Crippen LogP contribution in [0.5, 0.6) is 0 Å². The third-order valence-electron chi connectivity index (χ3n) is 3.12. The molecule has 5 heteroatoms. The van der Waals surface area contributed by atoms with Crippen LogP contribution in [0.1, 0.15) is 23.8 Å². The summed E-state index contributed by atoms with van der Waals surface area (Å²) < 4.78 is 1.77. The maximum atomic E-state index is 12.2. The Kier molecular flexibility index (Phi) is 3.33. The van der Waals surface area contributed by atoms with Gasteiger partial charge in [0.25, 0.3) is 5.91 Å². The highest BCUT2D eigenvalue weighted by molar-refractivity contribution is 9.09. The summed E-state index contributed by atoms with van der Waals surface area (Å²) >= 11 is 3.64. The first-order chi connectivity index (χ1) is 7.59. The number of halogens is 1. The fraction of sp³-hybridized carbons (Fsp3) is 0.636. The van der Waals surface area contributed by atoms with Crippen LogP contribution in [-0.2, 0) is 7.05 Å². The smallest absolute Gasteiger partial charge is 0.272 e. The van der Waals surface area contributed by atoms with Crippen LogP contribution in [0.3, 0.4) is 0 Å². The Balaban J connectivity index is 2.09. The second-order valence-corrected chi connectivity index (χ2v) is 5.60. The van der Waals surface area contributed by atoms with Crippen LogP contribution >= 0.6 is 15.9 Å². The molecule has 1 fully saturated rings. The molecule has 16 heavy (non-hydrogen) atoms. The number of nitrogens with zero attached hydrogens (tertiary/aromatic N) is 3. The third-order valence-corrected chi connectivity index (χ3v) is 4.48. The summed E-state index contributed by atoms with van der Waals surface area (Å²) in [6.07, 6.45) is 4.31. The van der Waals surface area contributed by atoms with E-state index in [-0.39, 0.29) is 5.91 Å². The molecule has 1 saturated heterocycles. The summed E-state index contributed by atoms with van der Waals surface area (Å²) in [5.41, 5.74) is 0.667. The first-order valence-corrected chi connectivity index (χ1v) is 6.41. The molecule has 2 heterocycles. The van der Waals surface area contributed by atoms with Gasteiger partial charge >= 0.3 is 0 Å². The van der Waals surface area contributed by atoms with Gasteiger partial charge in [-0.1, -0.05) is 22.9 Å². The second kappa shape index (κ2) is 4.57. The number of hydrogen-bond acceptors (Lipinski definition) is 2. The standard InChI is InChI=1S/C11H16BrN3O/c1-8-6-15(4-3-9(8)12)11(16)10-5-13-7-14(10)2/h5,7-9H,3-4,6H2,1-2H3. The summed E-state index contributed by atoms with van der Waals surface area (Å²) in [6.45, 7) is 3.81. The van der Waals surface area contributed by atoms with E-state index in [1.54, 1.807) is 17.1 Å². The van der Waals surface area contributed by atoms with Gasteiger partial charge in [-0.15, -0.1) is 0 Å². The van der Waals surface area contributed by atoms with Crippen molar-refractivity contribution in [2.24, 2.45) is 13.0 Å². The van der Waals surface area contributed by atoms with E-state index in [4.69, 9.17) is 0 Å². The molecule has 0 radical (unpaired) electrons. The van der Waals surface area contributed by atoms with Crippen LogP contribution in [0.4, 0.5) is 0 Å². The molecule has 1 aromatic heterocycles. The van der Waals surface area contributed by atoms with Crippen molar-refractivity contribution in [2.75, 3.05) is 13.1 Å². The summed E-state index contributed by atoms with van der Waals surface area (Å²) in [4.78, 5) is 18.6. The second-order valence-electron chi connectivity index (χ2n) is 4.42. The van der Waals surface area contributed by atoms with Gasteiger partial charge in [0.15, 0.2) is 0 Å². The number of carbonyl (C=O) groups is 1. The molecule has 1 aliphatic heterocycles. The Morgan fingerprint density at radius 3 is 2.94 bits per heavy atom. The van der Waals surface area contributed by atoms with Crippen LogP contribution in [-0.4, -0.2) is 38.3 Å². The zero-order valence-corrected chi connectivity index (χ0v) is 11.1. The van der Waals surface area contributed by atoms with Crippen molar-refractivity contribution in [2.45, 2.75) is 18.2 Å². The average molecular weight is 286 g/mol. The molecule has 0 spiro atoms. The first kappa shape index (κ1) is 11.6. The number of alkyl halides is 1. The van der Waals surface area contributed by atoms with Crippen molar-refractivity contribution < 1.29 is 4.79 Å². The van der Waals surface area contributed by atoms with E-state index in [9.17, 15) is 4.79 Å². The molecule has 0 aliphatic carbocycles. The zero-order valence-electron chi connectivity index (χ0n) is 9.56. The number of amides is 1. The zero-order chi connectivity index (χ0) is 11.7. The third kappa shape index (κ3) is 2.14. The van der Waals surface area contributed by atoms with Crippen molar-refractivity contribution in [3.05, 3.63) is 18.2 Å². The lowest BCUT2D eigenvalue weighted by Gasteiger charge is -2.34. The van der Waals surface area contributed by atoms with Crippen molar-refractivity contribution in [1.29, 1.82) is 0 Å². The van der Waals surface area contributed by atoms with Crippen LogP contribution in [0.15, 0.2) is 12.5 Å². The number of aromatic nitrogens is 2. The minimum Gasteiger partial charge on any atom is -0.337 e. The predicted molar refractivity (Wildman–Crippen MR) is 65.6 cm³/mol. The van der Waals surface area contributed by atoms with Crippen LogP contribution < -0.4 is 0 Å². The molecule has 0 aromatic carbocycles. The lowest BCUT2D eigenvalue weighted by atomic mass is 10.00. The fourth-order valence-electron chi connectivity index (χ4n) is 2.03. The van der Waals surface area contributed by atoms with Crippen molar-refractivity contribution in [3.8, 4) is 0 Å². The molecule has 1 aromatic rings. The van der Waals surface area contributed by atoms with Gasteiger partial charge in [-0.05, 0) is 12.3 Å². The van der Waals surface area contributed by atoms with Gasteiger partial charge in [-0.25, -0.2) is 4.98 Å². The number of hydrogen-bond donors (Lipinski definition) is 0. The van der Waals surface area contributed by atoms with E-state index in [1.165, 1.54) is 0 Å². The van der Waals surface area contributed by atoms with E-state index < -0.39 is 0 Å². The van der Waals surface area contributed by atoms with Crippen LogP contribution in [0, 0.1) is 5.92 Å². The minimum absolute atomic E-state index is 0.0891. The maximum Gasteiger partial charge on any atom is 0.272 e. The molecular formula is C11H16BrN3O. The van der Waals surface area contributed by atoms with Crippen LogP contribution in [0.2, 0.25) is 0 Å². The summed E-state index contributed by atoms with van der Waals surface area (Å²) in [5.74, 6) is 0.595. The lowest BCUT2D eigenvalue weighted by Crippen LogP contribution is -2.43. The van der Waals surface area contributed by atoms with Gasteiger partial charge in [0.05, 0.1) is 12.5 Å². The van der Waals surface area contributed by atoms with E-state index in [0.29, 0.717) is 16.4 Å². The van der Waals surface area contributed by atoms with E-state index in [2.05, 4.69) is 27.8 Å². The van der Waals surface area contributed by atoms with Crippen molar-refractivity contribution >= 4 is 21.8 Å². The topological polar surface area (TPSA) is 38.1 Å². The van der Waals surface area contributed by atoms with Crippen molar-refractivity contribution in [3.63, 3.8) is 0 Å². The summed E-state index contributed by atoms with van der Waals surface area (Å²) in [6, 6.07) is 0. The largest absolute Gasteiger partial charge is 0.337 e. The monoisotopic (exact) mass is 285 g/mol. The van der Waals surface area contributed by atoms with Gasteiger partial charge in [0, 0.05) is 25.0 Å². The maximum absolute atomic E-state index is 12.2. The van der Waals surface area contributed by atoms with Crippen LogP contribution in [0.25, 0.3) is 0 Å². The Bertz CT molecular complexity index is 390. The van der Waals surface area contributed by atoms with Gasteiger partial charge in [-0.2, -0.15) is 0 Å². The highest BCUT2D eigenvalue weighted by atomic mass is 79.9. The average Bonchev–Trinajstić information content (AvgIpc) is 2.67. The Hall–Kier alpha value is -0.840. The number of rotatable bonds is 1. The molecule has 0 bridgehead atoms. The molecule has 2 atom stereocenters. The van der Waals surface area contributed by atoms with Crippen molar-refractivity contribution in [1.82, 2.24) is 14.5 Å². The predicted octanol–water partition coefficient (Wildman–Crippen LogP) is 1.67. The number of carbonyl (C=O) groups excluding carboxylic acids is 1. The normalized spacial score (nSPS) is 25.8. The Morgan fingerprint density at radius 1 is 1.62 bits per heavy atom. The quantitative estimate of drug-likeness (QED) is 0.736. The molecule has 2 unspecified atom stereocenters. The number of likely N-dealkylation sites (tertiary alicyclic amines) is 1. The van der Waals surface area contributed by atoms with Gasteiger partial charge in [0.1, 0.15) is 5.69 Å². The van der Waals surface area contributed by atoms with E-state index in [1.807, 2.05) is 11.9 Å². The first-order valence-electron chi connectivity index (χ1n) is 5.49. The lowest BCUT2D eigenvalue weighted by molar-refractivity contribution is 0.0681. The highest BCUT2D eigenvalue weighted by Crippen LogP contribution is 2.24. The molecule has 0 N–H and O–H groups in total. The molecule has 2 rings (SSSR count). The van der Waals surface area contributed by atoms with E-state index in [0.717, 1.165) is 19.5 Å². The fourth-order valence-corrected chi connectivity index (χ4v) is 2.40. The summed E-state index contributed by atoms with van der Waals surface area (Å²) in [5, 5.41) is 0. The SMILES string of the molecule is CC1CN(C(=O)c2cncn2C)CCC1Br. The van der Waals surface area contributed by atoms with Gasteiger partial charge in [-0.3, -0.25) is 4.79 Å². The highest BCUT2D eigenvalue weighted by Gasteiger charge is 2.28. The Morgan fingerprint density at radius 2 is 2.38 bits per heavy atom. The molecule has 4 nitrogen and oxygen atoms in total. The summed E-state index contributed by atoms with van der Waals surface area (Å²) in [7, 11) is 1.85. The number of aryl methyl sites for hydroxylation is 1. The van der Waals surface area contributed by atoms with E-state index >= 15 is 0 Å².